The number of nitrogens with zero attached hydrogens (tertiary/aromatic N) is 2. The van der Waals surface area contributed by atoms with Crippen LogP contribution in [0.2, 0.25) is 0 Å². The summed E-state index contributed by atoms with van der Waals surface area (Å²) >= 11 is 0. The molecule has 0 aliphatic rings. The lowest BCUT2D eigenvalue weighted by Crippen LogP contribution is -2.09. The van der Waals surface area contributed by atoms with Gasteiger partial charge in [0.1, 0.15) is 11.6 Å². The van der Waals surface area contributed by atoms with Crippen molar-refractivity contribution in [3.8, 4) is 6.07 Å². The summed E-state index contributed by atoms with van der Waals surface area (Å²) in [4.78, 5) is 14.1. The Labute approximate surface area is 95.3 Å². The predicted octanol–water partition coefficient (Wildman–Crippen LogP) is 1.85. The molecule has 2 heterocycles. The minimum absolute atomic E-state index is 0.0686. The first-order valence-corrected chi connectivity index (χ1v) is 5.03. The zero-order valence-electron chi connectivity index (χ0n) is 8.94. The third-order valence-electron chi connectivity index (χ3n) is 2.76. The molecule has 0 bridgehead atoms. The molecule has 0 amide bonds. The highest BCUT2D eigenvalue weighted by molar-refractivity contribution is 6.03. The summed E-state index contributed by atoms with van der Waals surface area (Å²) in [6, 6.07) is 7.00. The number of rotatable bonds is 0. The monoisotopic (exact) mass is 225 g/mol. The molecule has 3 aromatic rings. The van der Waals surface area contributed by atoms with Crippen molar-refractivity contribution in [1.82, 2.24) is 10.1 Å². The quantitative estimate of drug-likeness (QED) is 0.632. The second-order valence-electron chi connectivity index (χ2n) is 3.80. The van der Waals surface area contributed by atoms with Crippen LogP contribution < -0.4 is 5.56 Å². The molecule has 0 saturated carbocycles. The van der Waals surface area contributed by atoms with Crippen LogP contribution in [0.4, 0.5) is 0 Å². The summed E-state index contributed by atoms with van der Waals surface area (Å²) in [5.74, 6) is 0. The van der Waals surface area contributed by atoms with Crippen LogP contribution in [0.5, 0.6) is 0 Å². The highest BCUT2D eigenvalue weighted by Gasteiger charge is 2.10. The van der Waals surface area contributed by atoms with E-state index in [2.05, 4.69) is 10.1 Å². The molecule has 0 aliphatic heterocycles. The van der Waals surface area contributed by atoms with Crippen LogP contribution in [0.15, 0.2) is 27.5 Å². The molecule has 0 aliphatic carbocycles. The largest absolute Gasteiger partial charge is 0.355 e. The third-order valence-corrected chi connectivity index (χ3v) is 2.76. The van der Waals surface area contributed by atoms with Gasteiger partial charge in [-0.15, -0.1) is 0 Å². The molecule has 2 aromatic heterocycles. The Morgan fingerprint density at radius 1 is 1.41 bits per heavy atom. The Morgan fingerprint density at radius 2 is 2.24 bits per heavy atom. The molecule has 0 saturated heterocycles. The smallest absolute Gasteiger partial charge is 0.266 e. The third kappa shape index (κ3) is 1.24. The lowest BCUT2D eigenvalue weighted by Gasteiger charge is -1.98. The van der Waals surface area contributed by atoms with Gasteiger partial charge in [0, 0.05) is 10.8 Å². The number of aromatic nitrogens is 2. The average molecular weight is 225 g/mol. The van der Waals surface area contributed by atoms with E-state index in [1.807, 2.05) is 19.1 Å². The van der Waals surface area contributed by atoms with Gasteiger partial charge in [-0.25, -0.2) is 0 Å². The standard InChI is InChI=1S/C12H7N3O2/c1-6-8-2-3-10-9(11(8)17-15-6)4-7(5-13)12(16)14-10/h2-4H,1H3,(H,14,16). The first-order valence-electron chi connectivity index (χ1n) is 5.03. The van der Waals surface area contributed by atoms with E-state index in [0.29, 0.717) is 16.5 Å². The van der Waals surface area contributed by atoms with E-state index in [0.717, 1.165) is 11.1 Å². The van der Waals surface area contributed by atoms with Crippen LogP contribution in [0.25, 0.3) is 21.9 Å². The molecule has 5 nitrogen and oxygen atoms in total. The maximum absolute atomic E-state index is 11.5. The predicted molar refractivity (Wildman–Crippen MR) is 61.6 cm³/mol. The number of aryl methyl sites for hydroxylation is 1. The average Bonchev–Trinajstić information content (AvgIpc) is 2.70. The highest BCUT2D eigenvalue weighted by Crippen LogP contribution is 2.25. The van der Waals surface area contributed by atoms with Crippen molar-refractivity contribution >= 4 is 21.9 Å². The molecular weight excluding hydrogens is 218 g/mol. The summed E-state index contributed by atoms with van der Waals surface area (Å²) in [5, 5.41) is 14.3. The van der Waals surface area contributed by atoms with E-state index in [1.165, 1.54) is 6.07 Å². The Morgan fingerprint density at radius 3 is 3.00 bits per heavy atom. The summed E-state index contributed by atoms with van der Waals surface area (Å²) < 4.78 is 5.22. The summed E-state index contributed by atoms with van der Waals surface area (Å²) in [7, 11) is 0. The number of fused-ring (bicyclic) bond motifs is 3. The number of pyridine rings is 1. The molecule has 1 aromatic carbocycles. The van der Waals surface area contributed by atoms with Gasteiger partial charge in [-0.1, -0.05) is 5.16 Å². The summed E-state index contributed by atoms with van der Waals surface area (Å²) in [6.45, 7) is 1.84. The van der Waals surface area contributed by atoms with Gasteiger partial charge in [-0.2, -0.15) is 5.26 Å². The highest BCUT2D eigenvalue weighted by atomic mass is 16.5. The molecule has 82 valence electrons. The van der Waals surface area contributed by atoms with E-state index >= 15 is 0 Å². The number of hydrogen-bond acceptors (Lipinski definition) is 4. The van der Waals surface area contributed by atoms with E-state index < -0.39 is 5.56 Å². The number of benzene rings is 1. The van der Waals surface area contributed by atoms with Crippen LogP contribution in [0.3, 0.4) is 0 Å². The lowest BCUT2D eigenvalue weighted by atomic mass is 10.1. The zero-order chi connectivity index (χ0) is 12.0. The first-order chi connectivity index (χ1) is 8.20. The maximum atomic E-state index is 11.5. The maximum Gasteiger partial charge on any atom is 0.266 e. The van der Waals surface area contributed by atoms with Crippen LogP contribution in [-0.4, -0.2) is 10.1 Å². The van der Waals surface area contributed by atoms with Crippen molar-refractivity contribution in [2.24, 2.45) is 0 Å². The van der Waals surface area contributed by atoms with Gasteiger partial charge in [0.15, 0.2) is 5.58 Å². The second-order valence-corrected chi connectivity index (χ2v) is 3.80. The van der Waals surface area contributed by atoms with Crippen molar-refractivity contribution in [3.63, 3.8) is 0 Å². The molecule has 0 atom stereocenters. The topological polar surface area (TPSA) is 82.7 Å². The molecule has 5 heteroatoms. The minimum Gasteiger partial charge on any atom is -0.355 e. The second kappa shape index (κ2) is 3.19. The Bertz CT molecular complexity index is 836. The van der Waals surface area contributed by atoms with Gasteiger partial charge < -0.3 is 9.51 Å². The molecule has 1 N–H and O–H groups in total. The van der Waals surface area contributed by atoms with Gasteiger partial charge in [0.05, 0.1) is 11.2 Å². The van der Waals surface area contributed by atoms with Gasteiger partial charge >= 0.3 is 0 Å². The minimum atomic E-state index is -0.393. The van der Waals surface area contributed by atoms with E-state index in [-0.39, 0.29) is 5.56 Å². The van der Waals surface area contributed by atoms with Gasteiger partial charge in [0.25, 0.3) is 5.56 Å². The van der Waals surface area contributed by atoms with Gasteiger partial charge in [-0.05, 0) is 25.1 Å². The molecule has 17 heavy (non-hydrogen) atoms. The molecule has 0 unspecified atom stereocenters. The van der Waals surface area contributed by atoms with E-state index in [9.17, 15) is 4.79 Å². The van der Waals surface area contributed by atoms with Crippen molar-refractivity contribution in [2.75, 3.05) is 0 Å². The molecule has 0 fully saturated rings. The van der Waals surface area contributed by atoms with Crippen LogP contribution in [-0.2, 0) is 0 Å². The van der Waals surface area contributed by atoms with Gasteiger partial charge in [-0.3, -0.25) is 4.79 Å². The van der Waals surface area contributed by atoms with E-state index in [4.69, 9.17) is 9.78 Å². The Kier molecular flexibility index (Phi) is 1.80. The van der Waals surface area contributed by atoms with E-state index in [1.54, 1.807) is 6.07 Å². The molecule has 0 spiro atoms. The fourth-order valence-corrected chi connectivity index (χ4v) is 1.88. The van der Waals surface area contributed by atoms with Crippen molar-refractivity contribution < 1.29 is 4.52 Å². The van der Waals surface area contributed by atoms with Crippen LogP contribution in [0, 0.1) is 18.3 Å². The fraction of sp³-hybridized carbons (Fsp3) is 0.0833. The molecule has 3 rings (SSSR count). The number of aromatic amines is 1. The van der Waals surface area contributed by atoms with Crippen LogP contribution in [0.1, 0.15) is 11.3 Å². The zero-order valence-corrected chi connectivity index (χ0v) is 8.94. The van der Waals surface area contributed by atoms with Gasteiger partial charge in [0.2, 0.25) is 0 Å². The Hall–Kier alpha value is -2.61. The normalized spacial score (nSPS) is 10.8. The van der Waals surface area contributed by atoms with Crippen molar-refractivity contribution in [1.29, 1.82) is 5.26 Å². The van der Waals surface area contributed by atoms with Crippen LogP contribution >= 0.6 is 0 Å². The Balaban J connectivity index is 2.58. The number of nitriles is 1. The first kappa shape index (κ1) is 9.60. The summed E-state index contributed by atoms with van der Waals surface area (Å²) in [5.41, 5.74) is 1.69. The molecular formula is C12H7N3O2. The van der Waals surface area contributed by atoms with Crippen molar-refractivity contribution in [3.05, 3.63) is 39.8 Å². The lowest BCUT2D eigenvalue weighted by molar-refractivity contribution is 0.452. The fourth-order valence-electron chi connectivity index (χ4n) is 1.88. The SMILES string of the molecule is Cc1noc2c1ccc1[nH]c(=O)c(C#N)cc12. The number of nitrogens with one attached hydrogen (secondary N) is 1. The number of H-pyrrole nitrogens is 1. The van der Waals surface area contributed by atoms with Crippen molar-refractivity contribution in [2.45, 2.75) is 6.92 Å². The number of hydrogen-bond donors (Lipinski definition) is 1. The summed E-state index contributed by atoms with van der Waals surface area (Å²) in [6.07, 6.45) is 0. The molecule has 0 radical (unpaired) electrons.